The maximum Gasteiger partial charge on any atom is 0.138 e. The van der Waals surface area contributed by atoms with E-state index in [0.29, 0.717) is 5.02 Å². The highest BCUT2D eigenvalue weighted by atomic mass is 79.9. The number of aromatic amines is 1. The molecule has 1 aromatic heterocycles. The molecule has 2 nitrogen and oxygen atoms in total. The molecular weight excluding hydrogens is 348 g/mol. The molecule has 0 saturated heterocycles. The number of benzene rings is 2. The molecule has 2 aromatic carbocycles. The first-order chi connectivity index (χ1) is 9.84. The van der Waals surface area contributed by atoms with Crippen LogP contribution in [0.25, 0.3) is 22.4 Å². The van der Waals surface area contributed by atoms with E-state index in [4.69, 9.17) is 11.6 Å². The van der Waals surface area contributed by atoms with Gasteiger partial charge in [0, 0.05) is 15.1 Å². The summed E-state index contributed by atoms with van der Waals surface area (Å²) in [7, 11) is 0. The van der Waals surface area contributed by atoms with Gasteiger partial charge in [0.15, 0.2) is 0 Å². The molecule has 0 saturated carbocycles. The van der Waals surface area contributed by atoms with Gasteiger partial charge in [-0.1, -0.05) is 56.6 Å². The van der Waals surface area contributed by atoms with Crippen LogP contribution in [0.1, 0.15) is 26.3 Å². The van der Waals surface area contributed by atoms with Crippen molar-refractivity contribution in [3.05, 3.63) is 51.5 Å². The molecular formula is C17H16BrClN2. The Morgan fingerprint density at radius 2 is 1.76 bits per heavy atom. The van der Waals surface area contributed by atoms with Gasteiger partial charge in [-0.15, -0.1) is 0 Å². The van der Waals surface area contributed by atoms with Crippen molar-refractivity contribution in [2.75, 3.05) is 0 Å². The van der Waals surface area contributed by atoms with Crippen LogP contribution in [0.2, 0.25) is 5.02 Å². The van der Waals surface area contributed by atoms with Crippen LogP contribution in [0.15, 0.2) is 40.9 Å². The molecule has 21 heavy (non-hydrogen) atoms. The van der Waals surface area contributed by atoms with Crippen molar-refractivity contribution < 1.29 is 0 Å². The Morgan fingerprint density at radius 1 is 1.10 bits per heavy atom. The zero-order valence-electron chi connectivity index (χ0n) is 12.2. The minimum atomic E-state index is 0.156. The second-order valence-electron chi connectivity index (χ2n) is 6.20. The Morgan fingerprint density at radius 3 is 2.38 bits per heavy atom. The molecule has 0 aliphatic heterocycles. The molecule has 0 atom stereocenters. The average molecular weight is 364 g/mol. The molecule has 0 bridgehead atoms. The molecule has 3 rings (SSSR count). The third kappa shape index (κ3) is 2.85. The number of hydrogen-bond donors (Lipinski definition) is 1. The predicted molar refractivity (Wildman–Crippen MR) is 92.9 cm³/mol. The molecule has 1 heterocycles. The summed E-state index contributed by atoms with van der Waals surface area (Å²) in [6.07, 6.45) is 0. The summed E-state index contributed by atoms with van der Waals surface area (Å²) in [6.45, 7) is 6.63. The Balaban J connectivity index is 2.06. The molecule has 0 amide bonds. The van der Waals surface area contributed by atoms with E-state index in [1.165, 1.54) is 5.56 Å². The summed E-state index contributed by atoms with van der Waals surface area (Å²) in [5.41, 5.74) is 4.37. The van der Waals surface area contributed by atoms with Crippen LogP contribution in [0.4, 0.5) is 0 Å². The fraction of sp³-hybridized carbons (Fsp3) is 0.235. The van der Waals surface area contributed by atoms with E-state index in [9.17, 15) is 0 Å². The highest BCUT2D eigenvalue weighted by molar-refractivity contribution is 9.10. The van der Waals surface area contributed by atoms with Crippen LogP contribution in [0, 0.1) is 0 Å². The third-order valence-corrected chi connectivity index (χ3v) is 4.35. The quantitative estimate of drug-likeness (QED) is 0.569. The Kier molecular flexibility index (Phi) is 3.58. The number of H-pyrrole nitrogens is 1. The molecule has 0 radical (unpaired) electrons. The second kappa shape index (κ2) is 5.15. The number of aromatic nitrogens is 2. The van der Waals surface area contributed by atoms with E-state index in [0.717, 1.165) is 26.9 Å². The first-order valence-corrected chi connectivity index (χ1v) is 7.97. The number of fused-ring (bicyclic) bond motifs is 1. The van der Waals surface area contributed by atoms with Gasteiger partial charge < -0.3 is 4.98 Å². The van der Waals surface area contributed by atoms with Gasteiger partial charge in [0.1, 0.15) is 11.3 Å². The molecule has 108 valence electrons. The van der Waals surface area contributed by atoms with E-state index < -0.39 is 0 Å². The third-order valence-electron chi connectivity index (χ3n) is 3.53. The predicted octanol–water partition coefficient (Wildman–Crippen LogP) is 5.94. The van der Waals surface area contributed by atoms with E-state index in [-0.39, 0.29) is 5.41 Å². The first-order valence-electron chi connectivity index (χ1n) is 6.80. The normalized spacial score (nSPS) is 12.0. The summed E-state index contributed by atoms with van der Waals surface area (Å²) in [5, 5.41) is 0.688. The minimum absolute atomic E-state index is 0.156. The Hall–Kier alpha value is -1.32. The molecule has 0 unspecified atom stereocenters. The molecule has 0 aliphatic carbocycles. The number of halogens is 2. The molecule has 0 fully saturated rings. The van der Waals surface area contributed by atoms with Crippen molar-refractivity contribution in [1.82, 2.24) is 9.97 Å². The van der Waals surface area contributed by atoms with Crippen LogP contribution in [0.3, 0.4) is 0 Å². The first kappa shape index (κ1) is 14.6. The van der Waals surface area contributed by atoms with Gasteiger partial charge in [0.2, 0.25) is 0 Å². The smallest absolute Gasteiger partial charge is 0.138 e. The largest absolute Gasteiger partial charge is 0.338 e. The number of nitrogens with zero attached hydrogens (tertiary/aromatic N) is 1. The maximum absolute atomic E-state index is 6.07. The highest BCUT2D eigenvalue weighted by Crippen LogP contribution is 2.30. The number of hydrogen-bond acceptors (Lipinski definition) is 1. The maximum atomic E-state index is 6.07. The minimum Gasteiger partial charge on any atom is -0.338 e. The van der Waals surface area contributed by atoms with Gasteiger partial charge >= 0.3 is 0 Å². The van der Waals surface area contributed by atoms with E-state index in [2.05, 4.69) is 70.9 Å². The topological polar surface area (TPSA) is 28.7 Å². The number of imidazole rings is 1. The van der Waals surface area contributed by atoms with Crippen LogP contribution in [-0.2, 0) is 5.41 Å². The van der Waals surface area contributed by atoms with E-state index in [1.807, 2.05) is 12.1 Å². The Labute approximate surface area is 137 Å². The molecule has 0 aliphatic rings. The van der Waals surface area contributed by atoms with Crippen LogP contribution >= 0.6 is 27.5 Å². The van der Waals surface area contributed by atoms with Crippen LogP contribution < -0.4 is 0 Å². The van der Waals surface area contributed by atoms with Crippen molar-refractivity contribution in [3.63, 3.8) is 0 Å². The number of rotatable bonds is 1. The van der Waals surface area contributed by atoms with Gasteiger partial charge in [-0.05, 0) is 39.0 Å². The lowest BCUT2D eigenvalue weighted by molar-refractivity contribution is 0.590. The van der Waals surface area contributed by atoms with Crippen LogP contribution in [0.5, 0.6) is 0 Å². The average Bonchev–Trinajstić information content (AvgIpc) is 2.82. The fourth-order valence-corrected chi connectivity index (χ4v) is 3.21. The van der Waals surface area contributed by atoms with Crippen molar-refractivity contribution >= 4 is 38.6 Å². The molecule has 0 spiro atoms. The van der Waals surface area contributed by atoms with Gasteiger partial charge in [-0.25, -0.2) is 4.98 Å². The monoisotopic (exact) mass is 362 g/mol. The lowest BCUT2D eigenvalue weighted by Crippen LogP contribution is -2.10. The lowest BCUT2D eigenvalue weighted by atomic mass is 9.87. The Bertz CT molecular complexity index is 798. The van der Waals surface area contributed by atoms with Crippen molar-refractivity contribution in [2.45, 2.75) is 26.2 Å². The SMILES string of the molecule is CC(C)(C)c1ccc(-c2nc3c(Br)cc(Cl)cc3[nH]2)cc1. The zero-order chi connectivity index (χ0) is 15.2. The summed E-state index contributed by atoms with van der Waals surface area (Å²) in [4.78, 5) is 7.98. The summed E-state index contributed by atoms with van der Waals surface area (Å²) in [5.74, 6) is 0.855. The van der Waals surface area contributed by atoms with Gasteiger partial charge in [-0.2, -0.15) is 0 Å². The highest BCUT2D eigenvalue weighted by Gasteiger charge is 2.14. The second-order valence-corrected chi connectivity index (χ2v) is 7.49. The molecule has 1 N–H and O–H groups in total. The summed E-state index contributed by atoms with van der Waals surface area (Å²) in [6, 6.07) is 12.3. The lowest BCUT2D eigenvalue weighted by Gasteiger charge is -2.18. The number of nitrogens with one attached hydrogen (secondary N) is 1. The van der Waals surface area contributed by atoms with Crippen LogP contribution in [-0.4, -0.2) is 9.97 Å². The van der Waals surface area contributed by atoms with Crippen molar-refractivity contribution in [1.29, 1.82) is 0 Å². The summed E-state index contributed by atoms with van der Waals surface area (Å²) < 4.78 is 0.902. The van der Waals surface area contributed by atoms with E-state index in [1.54, 1.807) is 0 Å². The van der Waals surface area contributed by atoms with Crippen molar-refractivity contribution in [2.24, 2.45) is 0 Å². The molecule has 4 heteroatoms. The van der Waals surface area contributed by atoms with E-state index >= 15 is 0 Å². The fourth-order valence-electron chi connectivity index (χ4n) is 2.31. The zero-order valence-corrected chi connectivity index (χ0v) is 14.5. The molecule has 3 aromatic rings. The summed E-state index contributed by atoms with van der Waals surface area (Å²) >= 11 is 9.58. The van der Waals surface area contributed by atoms with Crippen molar-refractivity contribution in [3.8, 4) is 11.4 Å². The van der Waals surface area contributed by atoms with Gasteiger partial charge in [0.25, 0.3) is 0 Å². The van der Waals surface area contributed by atoms with Gasteiger partial charge in [-0.3, -0.25) is 0 Å². The standard InChI is InChI=1S/C17H16BrClN2/c1-17(2,3)11-6-4-10(5-7-11)16-20-14-9-12(19)8-13(18)15(14)21-16/h4-9H,1-3H3,(H,20,21). The van der Waals surface area contributed by atoms with Gasteiger partial charge in [0.05, 0.1) is 5.52 Å².